The van der Waals surface area contributed by atoms with E-state index in [9.17, 15) is 0 Å². The van der Waals surface area contributed by atoms with Crippen molar-refractivity contribution in [2.45, 2.75) is 0 Å². The molecule has 2 aromatic carbocycles. The number of nitrogens with two attached hydrogens (primary N) is 1. The van der Waals surface area contributed by atoms with Crippen molar-refractivity contribution in [3.63, 3.8) is 0 Å². The van der Waals surface area contributed by atoms with Gasteiger partial charge in [0, 0.05) is 6.07 Å². The zero-order valence-corrected chi connectivity index (χ0v) is 9.80. The molecule has 0 radical (unpaired) electrons. The highest BCUT2D eigenvalue weighted by Gasteiger charge is 2.02. The number of nitrogens with one attached hydrogen (secondary N) is 1. The van der Waals surface area contributed by atoms with E-state index < -0.39 is 0 Å². The van der Waals surface area contributed by atoms with Gasteiger partial charge >= 0.3 is 0 Å². The van der Waals surface area contributed by atoms with E-state index in [1.807, 2.05) is 24.3 Å². The number of anilines is 1. The van der Waals surface area contributed by atoms with Crippen molar-refractivity contribution in [2.75, 3.05) is 5.73 Å². The summed E-state index contributed by atoms with van der Waals surface area (Å²) < 4.78 is 0. The Hall–Kier alpha value is -2.55. The molecule has 0 saturated heterocycles. The van der Waals surface area contributed by atoms with Crippen LogP contribution in [-0.4, -0.2) is 10.2 Å². The maximum absolute atomic E-state index is 5.59. The van der Waals surface area contributed by atoms with Crippen LogP contribution >= 0.6 is 0 Å². The molecule has 3 aromatic rings. The van der Waals surface area contributed by atoms with Crippen molar-refractivity contribution < 1.29 is 0 Å². The van der Waals surface area contributed by atoms with Gasteiger partial charge in [-0.15, -0.1) is 0 Å². The lowest BCUT2D eigenvalue weighted by Crippen LogP contribution is -1.81. The highest BCUT2D eigenvalue weighted by molar-refractivity contribution is 5.69. The van der Waals surface area contributed by atoms with Crippen molar-refractivity contribution in [3.05, 3.63) is 60.7 Å². The minimum atomic E-state index is 0.511. The van der Waals surface area contributed by atoms with Gasteiger partial charge in [0.05, 0.1) is 5.69 Å². The first-order valence-corrected chi connectivity index (χ1v) is 5.80. The Morgan fingerprint density at radius 1 is 0.778 bits per heavy atom. The van der Waals surface area contributed by atoms with Crippen LogP contribution in [0.25, 0.3) is 22.4 Å². The Kier molecular flexibility index (Phi) is 2.57. The molecule has 0 saturated carbocycles. The lowest BCUT2D eigenvalue weighted by molar-refractivity contribution is 1.10. The zero-order valence-electron chi connectivity index (χ0n) is 9.80. The predicted octanol–water partition coefficient (Wildman–Crippen LogP) is 3.33. The molecule has 0 atom stereocenters. The lowest BCUT2D eigenvalue weighted by Gasteiger charge is -2.02. The van der Waals surface area contributed by atoms with Crippen molar-refractivity contribution in [3.8, 4) is 22.4 Å². The number of nitrogen functional groups attached to an aromatic ring is 1. The number of hydrogen-bond donors (Lipinski definition) is 2. The fourth-order valence-electron chi connectivity index (χ4n) is 1.96. The molecule has 0 aliphatic heterocycles. The van der Waals surface area contributed by atoms with E-state index in [0.717, 1.165) is 11.3 Å². The third kappa shape index (κ3) is 1.98. The molecule has 0 unspecified atom stereocenters. The Labute approximate surface area is 105 Å². The number of benzene rings is 2. The summed E-state index contributed by atoms with van der Waals surface area (Å²) >= 11 is 0. The van der Waals surface area contributed by atoms with Crippen molar-refractivity contribution in [2.24, 2.45) is 0 Å². The van der Waals surface area contributed by atoms with E-state index in [1.54, 1.807) is 0 Å². The highest BCUT2D eigenvalue weighted by atomic mass is 15.2. The van der Waals surface area contributed by atoms with E-state index in [1.165, 1.54) is 11.1 Å². The van der Waals surface area contributed by atoms with Gasteiger partial charge in [0.2, 0.25) is 0 Å². The molecule has 3 heteroatoms. The zero-order chi connectivity index (χ0) is 12.4. The molecular weight excluding hydrogens is 222 g/mol. The van der Waals surface area contributed by atoms with E-state index in [4.69, 9.17) is 5.73 Å². The summed E-state index contributed by atoms with van der Waals surface area (Å²) in [6.45, 7) is 0. The van der Waals surface area contributed by atoms with Crippen LogP contribution in [0.3, 0.4) is 0 Å². The number of hydrogen-bond acceptors (Lipinski definition) is 2. The van der Waals surface area contributed by atoms with Gasteiger partial charge in [0.15, 0.2) is 0 Å². The summed E-state index contributed by atoms with van der Waals surface area (Å²) in [5.41, 5.74) is 10.0. The molecule has 1 aromatic heterocycles. The fraction of sp³-hybridized carbons (Fsp3) is 0. The first kappa shape index (κ1) is 10.6. The standard InChI is InChI=1S/C15H13N3/c16-15-10-14(17-18-15)13-8-6-12(7-9-13)11-4-2-1-3-5-11/h1-10H,(H3,16,17,18). The largest absolute Gasteiger partial charge is 0.382 e. The Morgan fingerprint density at radius 3 is 2.00 bits per heavy atom. The highest BCUT2D eigenvalue weighted by Crippen LogP contribution is 2.24. The number of aromatic nitrogens is 2. The molecule has 1 heterocycles. The number of aromatic amines is 1. The van der Waals surface area contributed by atoms with Crippen LogP contribution in [0.5, 0.6) is 0 Å². The van der Waals surface area contributed by atoms with Crippen LogP contribution in [0.15, 0.2) is 60.7 Å². The fourth-order valence-corrected chi connectivity index (χ4v) is 1.96. The molecule has 0 spiro atoms. The molecule has 3 nitrogen and oxygen atoms in total. The Morgan fingerprint density at radius 2 is 1.39 bits per heavy atom. The maximum Gasteiger partial charge on any atom is 0.145 e. The lowest BCUT2D eigenvalue weighted by atomic mass is 10.0. The van der Waals surface area contributed by atoms with Crippen molar-refractivity contribution in [1.29, 1.82) is 0 Å². The molecule has 0 amide bonds. The minimum absolute atomic E-state index is 0.511. The second-order valence-electron chi connectivity index (χ2n) is 4.15. The summed E-state index contributed by atoms with van der Waals surface area (Å²) in [7, 11) is 0. The third-order valence-corrected chi connectivity index (χ3v) is 2.90. The van der Waals surface area contributed by atoms with E-state index in [2.05, 4.69) is 46.6 Å². The molecular formula is C15H13N3. The van der Waals surface area contributed by atoms with Crippen LogP contribution in [0.1, 0.15) is 0 Å². The average Bonchev–Trinajstić information content (AvgIpc) is 2.87. The topological polar surface area (TPSA) is 54.7 Å². The molecule has 18 heavy (non-hydrogen) atoms. The molecule has 0 aliphatic carbocycles. The molecule has 3 N–H and O–H groups in total. The average molecular weight is 235 g/mol. The summed E-state index contributed by atoms with van der Waals surface area (Å²) in [5.74, 6) is 0.511. The van der Waals surface area contributed by atoms with Crippen molar-refractivity contribution >= 4 is 5.82 Å². The Bertz CT molecular complexity index is 639. The molecule has 88 valence electrons. The van der Waals surface area contributed by atoms with Crippen molar-refractivity contribution in [1.82, 2.24) is 10.2 Å². The quantitative estimate of drug-likeness (QED) is 0.715. The van der Waals surface area contributed by atoms with Gasteiger partial charge in [-0.05, 0) is 16.7 Å². The van der Waals surface area contributed by atoms with E-state index >= 15 is 0 Å². The maximum atomic E-state index is 5.59. The smallest absolute Gasteiger partial charge is 0.145 e. The van der Waals surface area contributed by atoms with Gasteiger partial charge in [-0.1, -0.05) is 54.6 Å². The minimum Gasteiger partial charge on any atom is -0.382 e. The summed E-state index contributed by atoms with van der Waals surface area (Å²) in [4.78, 5) is 0. The normalized spacial score (nSPS) is 10.4. The second-order valence-corrected chi connectivity index (χ2v) is 4.15. The summed E-state index contributed by atoms with van der Waals surface area (Å²) in [6, 6.07) is 20.5. The summed E-state index contributed by atoms with van der Waals surface area (Å²) in [5, 5.41) is 6.83. The van der Waals surface area contributed by atoms with E-state index in [0.29, 0.717) is 5.82 Å². The van der Waals surface area contributed by atoms with E-state index in [-0.39, 0.29) is 0 Å². The Balaban J connectivity index is 1.94. The van der Waals surface area contributed by atoms with Gasteiger partial charge in [-0.25, -0.2) is 0 Å². The molecule has 3 rings (SSSR count). The third-order valence-electron chi connectivity index (χ3n) is 2.90. The van der Waals surface area contributed by atoms with Gasteiger partial charge in [-0.3, -0.25) is 5.10 Å². The second kappa shape index (κ2) is 4.37. The van der Waals surface area contributed by atoms with Gasteiger partial charge in [0.1, 0.15) is 5.82 Å². The first-order chi connectivity index (χ1) is 8.83. The van der Waals surface area contributed by atoms with Crippen LogP contribution in [-0.2, 0) is 0 Å². The molecule has 0 fully saturated rings. The molecule has 0 aliphatic rings. The number of rotatable bonds is 2. The first-order valence-electron chi connectivity index (χ1n) is 5.80. The predicted molar refractivity (Wildman–Crippen MR) is 73.9 cm³/mol. The number of H-pyrrole nitrogens is 1. The van der Waals surface area contributed by atoms with Gasteiger partial charge in [-0.2, -0.15) is 5.10 Å². The van der Waals surface area contributed by atoms with Gasteiger partial charge in [0.25, 0.3) is 0 Å². The summed E-state index contributed by atoms with van der Waals surface area (Å²) in [6.07, 6.45) is 0. The van der Waals surface area contributed by atoms with Crippen LogP contribution in [0.4, 0.5) is 5.82 Å². The SMILES string of the molecule is Nc1cc(-c2ccc(-c3ccccc3)cc2)[nH]n1. The number of nitrogens with zero attached hydrogens (tertiary/aromatic N) is 1. The van der Waals surface area contributed by atoms with Crippen LogP contribution in [0, 0.1) is 0 Å². The van der Waals surface area contributed by atoms with Crippen LogP contribution < -0.4 is 5.73 Å². The monoisotopic (exact) mass is 235 g/mol. The molecule has 0 bridgehead atoms. The van der Waals surface area contributed by atoms with Crippen LogP contribution in [0.2, 0.25) is 0 Å². The van der Waals surface area contributed by atoms with Gasteiger partial charge < -0.3 is 5.73 Å².